The van der Waals surface area contributed by atoms with Gasteiger partial charge in [0.15, 0.2) is 0 Å². The quantitative estimate of drug-likeness (QED) is 0.295. The smallest absolute Gasteiger partial charge is 0.0488 e. The fourth-order valence-corrected chi connectivity index (χ4v) is 3.68. The number of hydrogen-bond donors (Lipinski definition) is 0. The van der Waals surface area contributed by atoms with Crippen LogP contribution in [0.1, 0.15) is 5.56 Å². The Morgan fingerprint density at radius 2 is 1.00 bits per heavy atom. The second-order valence-corrected chi connectivity index (χ2v) is 8.02. The van der Waals surface area contributed by atoms with Gasteiger partial charge in [-0.25, -0.2) is 0 Å². The molecule has 0 amide bonds. The summed E-state index contributed by atoms with van der Waals surface area (Å²) in [7, 11) is 0. The third-order valence-electron chi connectivity index (χ3n) is 4.44. The molecule has 0 aliphatic carbocycles. The summed E-state index contributed by atoms with van der Waals surface area (Å²) in [5.74, 6) is 0. The van der Waals surface area contributed by atoms with Gasteiger partial charge in [-0.1, -0.05) is 86.5 Å². The molecule has 0 bridgehead atoms. The van der Waals surface area contributed by atoms with Crippen molar-refractivity contribution in [1.82, 2.24) is 4.57 Å². The molecule has 3 aromatic carbocycles. The molecular formula is C23H17Br2N. The summed E-state index contributed by atoms with van der Waals surface area (Å²) >= 11 is 7.06. The van der Waals surface area contributed by atoms with E-state index in [1.807, 2.05) is 0 Å². The van der Waals surface area contributed by atoms with E-state index in [9.17, 15) is 0 Å². The molecule has 1 aromatic heterocycles. The van der Waals surface area contributed by atoms with Gasteiger partial charge in [-0.2, -0.15) is 0 Å². The monoisotopic (exact) mass is 465 g/mol. The molecule has 0 saturated heterocycles. The highest BCUT2D eigenvalue weighted by molar-refractivity contribution is 9.10. The number of aromatic nitrogens is 1. The van der Waals surface area contributed by atoms with Crippen molar-refractivity contribution in [3.63, 3.8) is 0 Å². The zero-order valence-corrected chi connectivity index (χ0v) is 17.2. The maximum Gasteiger partial charge on any atom is 0.0488 e. The summed E-state index contributed by atoms with van der Waals surface area (Å²) < 4.78 is 4.58. The SMILES string of the molecule is Brc1ccc(-c2ccc(-c3ccc(Br)cc3)n2Cc2ccccc2)cc1. The van der Waals surface area contributed by atoms with Gasteiger partial charge in [0.1, 0.15) is 0 Å². The van der Waals surface area contributed by atoms with E-state index in [0.29, 0.717) is 0 Å². The Morgan fingerprint density at radius 1 is 0.538 bits per heavy atom. The predicted molar refractivity (Wildman–Crippen MR) is 116 cm³/mol. The first-order chi connectivity index (χ1) is 12.7. The normalized spacial score (nSPS) is 10.8. The summed E-state index contributed by atoms with van der Waals surface area (Å²) in [4.78, 5) is 0. The average Bonchev–Trinajstić information content (AvgIpc) is 3.07. The number of nitrogens with zero attached hydrogens (tertiary/aromatic N) is 1. The van der Waals surface area contributed by atoms with Gasteiger partial charge in [-0.05, 0) is 53.1 Å². The number of rotatable bonds is 4. The van der Waals surface area contributed by atoms with Crippen molar-refractivity contribution in [2.24, 2.45) is 0 Å². The van der Waals surface area contributed by atoms with Crippen LogP contribution in [0.4, 0.5) is 0 Å². The van der Waals surface area contributed by atoms with Crippen LogP contribution in [0.25, 0.3) is 22.5 Å². The molecule has 0 radical (unpaired) electrons. The maximum atomic E-state index is 3.53. The van der Waals surface area contributed by atoms with E-state index < -0.39 is 0 Å². The van der Waals surface area contributed by atoms with Crippen LogP contribution in [0.3, 0.4) is 0 Å². The Hall–Kier alpha value is -2.10. The van der Waals surface area contributed by atoms with E-state index in [4.69, 9.17) is 0 Å². The summed E-state index contributed by atoms with van der Waals surface area (Å²) in [6.45, 7) is 0.838. The zero-order chi connectivity index (χ0) is 17.9. The summed E-state index contributed by atoms with van der Waals surface area (Å²) in [5.41, 5.74) is 6.17. The molecule has 0 aliphatic rings. The van der Waals surface area contributed by atoms with Crippen molar-refractivity contribution < 1.29 is 0 Å². The standard InChI is InChI=1S/C23H17Br2N/c24-20-10-6-18(7-11-20)22-14-15-23(19-8-12-21(25)13-9-19)26(22)16-17-4-2-1-3-5-17/h1-15H,16H2. The van der Waals surface area contributed by atoms with E-state index in [1.165, 1.54) is 28.1 Å². The molecule has 4 aromatic rings. The molecule has 26 heavy (non-hydrogen) atoms. The highest BCUT2D eigenvalue weighted by Crippen LogP contribution is 2.31. The maximum absolute atomic E-state index is 3.53. The van der Waals surface area contributed by atoms with Crippen molar-refractivity contribution in [3.8, 4) is 22.5 Å². The fraction of sp³-hybridized carbons (Fsp3) is 0.0435. The minimum Gasteiger partial charge on any atom is -0.336 e. The second-order valence-electron chi connectivity index (χ2n) is 6.19. The van der Waals surface area contributed by atoms with Gasteiger partial charge in [-0.15, -0.1) is 0 Å². The highest BCUT2D eigenvalue weighted by Gasteiger charge is 2.12. The minimum atomic E-state index is 0.838. The molecule has 0 atom stereocenters. The van der Waals surface area contributed by atoms with Gasteiger partial charge in [0, 0.05) is 26.9 Å². The molecule has 128 valence electrons. The molecule has 0 spiro atoms. The Kier molecular flexibility index (Phi) is 5.09. The van der Waals surface area contributed by atoms with Gasteiger partial charge < -0.3 is 4.57 Å². The molecular weight excluding hydrogens is 450 g/mol. The lowest BCUT2D eigenvalue weighted by atomic mass is 10.1. The van der Waals surface area contributed by atoms with E-state index in [-0.39, 0.29) is 0 Å². The van der Waals surface area contributed by atoms with Crippen LogP contribution in [0.15, 0.2) is 99.9 Å². The predicted octanol–water partition coefficient (Wildman–Crippen LogP) is 7.40. The third-order valence-corrected chi connectivity index (χ3v) is 5.50. The van der Waals surface area contributed by atoms with Crippen LogP contribution in [-0.4, -0.2) is 4.57 Å². The van der Waals surface area contributed by atoms with Crippen molar-refractivity contribution >= 4 is 31.9 Å². The van der Waals surface area contributed by atoms with E-state index in [2.05, 4.69) is 127 Å². The molecule has 4 rings (SSSR count). The summed E-state index contributed by atoms with van der Waals surface area (Å²) in [6, 6.07) is 32.0. The van der Waals surface area contributed by atoms with Gasteiger partial charge in [0.25, 0.3) is 0 Å². The van der Waals surface area contributed by atoms with Crippen molar-refractivity contribution in [2.45, 2.75) is 6.54 Å². The molecule has 0 saturated carbocycles. The number of benzene rings is 3. The van der Waals surface area contributed by atoms with E-state index >= 15 is 0 Å². The summed E-state index contributed by atoms with van der Waals surface area (Å²) in [5, 5.41) is 0. The molecule has 0 N–H and O–H groups in total. The first-order valence-corrected chi connectivity index (χ1v) is 10.0. The number of halogens is 2. The lowest BCUT2D eigenvalue weighted by molar-refractivity contribution is 0.822. The second kappa shape index (κ2) is 7.65. The summed E-state index contributed by atoms with van der Waals surface area (Å²) in [6.07, 6.45) is 0. The van der Waals surface area contributed by atoms with Crippen LogP contribution < -0.4 is 0 Å². The van der Waals surface area contributed by atoms with E-state index in [1.54, 1.807) is 0 Å². The fourth-order valence-electron chi connectivity index (χ4n) is 3.15. The van der Waals surface area contributed by atoms with Gasteiger partial charge in [0.2, 0.25) is 0 Å². The molecule has 3 heteroatoms. The third kappa shape index (κ3) is 3.69. The highest BCUT2D eigenvalue weighted by atomic mass is 79.9. The lowest BCUT2D eigenvalue weighted by Crippen LogP contribution is -2.03. The molecule has 1 nitrogen and oxygen atoms in total. The topological polar surface area (TPSA) is 4.93 Å². The lowest BCUT2D eigenvalue weighted by Gasteiger charge is -2.15. The zero-order valence-electron chi connectivity index (χ0n) is 14.1. The van der Waals surface area contributed by atoms with Crippen LogP contribution >= 0.6 is 31.9 Å². The van der Waals surface area contributed by atoms with E-state index in [0.717, 1.165) is 15.5 Å². The Bertz CT molecular complexity index is 938. The molecule has 0 fully saturated rings. The van der Waals surface area contributed by atoms with Crippen molar-refractivity contribution in [1.29, 1.82) is 0 Å². The Morgan fingerprint density at radius 3 is 1.46 bits per heavy atom. The van der Waals surface area contributed by atoms with Gasteiger partial charge >= 0.3 is 0 Å². The minimum absolute atomic E-state index is 0.838. The molecule has 0 unspecified atom stereocenters. The van der Waals surface area contributed by atoms with Crippen molar-refractivity contribution in [2.75, 3.05) is 0 Å². The largest absolute Gasteiger partial charge is 0.336 e. The molecule has 1 heterocycles. The first kappa shape index (κ1) is 17.3. The van der Waals surface area contributed by atoms with Crippen molar-refractivity contribution in [3.05, 3.63) is 106 Å². The average molecular weight is 467 g/mol. The first-order valence-electron chi connectivity index (χ1n) is 8.46. The Balaban J connectivity index is 1.83. The van der Waals surface area contributed by atoms with Crippen LogP contribution in [0.5, 0.6) is 0 Å². The number of hydrogen-bond acceptors (Lipinski definition) is 0. The van der Waals surface area contributed by atoms with Gasteiger partial charge in [0.05, 0.1) is 0 Å². The van der Waals surface area contributed by atoms with Crippen LogP contribution in [0.2, 0.25) is 0 Å². The Labute approximate surface area is 170 Å². The van der Waals surface area contributed by atoms with Crippen LogP contribution in [0, 0.1) is 0 Å². The van der Waals surface area contributed by atoms with Crippen LogP contribution in [-0.2, 0) is 6.54 Å². The molecule has 0 aliphatic heterocycles. The van der Waals surface area contributed by atoms with Gasteiger partial charge in [-0.3, -0.25) is 0 Å².